The number of hydrogen-bond donors (Lipinski definition) is 1. The third-order valence-corrected chi connectivity index (χ3v) is 4.32. The monoisotopic (exact) mass is 306 g/mol. The number of aromatic nitrogens is 2. The third-order valence-electron chi connectivity index (χ3n) is 4.14. The molecule has 2 heterocycles. The zero-order valence-electron chi connectivity index (χ0n) is 10.6. The van der Waals surface area contributed by atoms with E-state index in [1.54, 1.807) is 4.90 Å². The molecule has 2 aliphatic rings. The number of rotatable bonds is 1. The van der Waals surface area contributed by atoms with E-state index in [0.29, 0.717) is 24.9 Å². The number of alkyl halides is 3. The molecule has 1 saturated carbocycles. The molecule has 1 saturated heterocycles. The zero-order valence-corrected chi connectivity index (χ0v) is 11.3. The molecule has 1 aromatic heterocycles. The highest BCUT2D eigenvalue weighted by atomic mass is 35.5. The molecule has 20 heavy (non-hydrogen) atoms. The van der Waals surface area contributed by atoms with Crippen LogP contribution in [0.15, 0.2) is 6.07 Å². The van der Waals surface area contributed by atoms with Gasteiger partial charge in [0.2, 0.25) is 0 Å². The predicted octanol–water partition coefficient (Wildman–Crippen LogP) is 2.32. The first-order valence-electron chi connectivity index (χ1n) is 6.45. The van der Waals surface area contributed by atoms with Crippen LogP contribution in [0.2, 0.25) is 5.15 Å². The highest BCUT2D eigenvalue weighted by Gasteiger charge is 2.43. The minimum atomic E-state index is -4.48. The first-order chi connectivity index (χ1) is 9.34. The van der Waals surface area contributed by atoms with E-state index in [0.717, 1.165) is 18.9 Å². The molecule has 1 aromatic rings. The van der Waals surface area contributed by atoms with Crippen molar-refractivity contribution in [1.29, 1.82) is 0 Å². The van der Waals surface area contributed by atoms with E-state index in [1.807, 2.05) is 0 Å². The summed E-state index contributed by atoms with van der Waals surface area (Å²) in [5, 5.41) is 6.97. The Kier molecular flexibility index (Phi) is 3.29. The zero-order chi connectivity index (χ0) is 14.5. The first-order valence-corrected chi connectivity index (χ1v) is 6.83. The van der Waals surface area contributed by atoms with Crippen LogP contribution in [0.25, 0.3) is 0 Å². The summed E-state index contributed by atoms with van der Waals surface area (Å²) in [4.78, 5) is 1.66. The standard InChI is InChI=1S/C12H14ClF3N4/c13-10-3-9(12(14,15)16)11(19-18-10)20-4-6-1-8(17)2-7(6)5-20/h3,6-8H,1-2,4-5,17H2/t6-,7-/m1/s1. The average molecular weight is 307 g/mol. The number of nitrogens with two attached hydrogens (primary N) is 1. The second-order valence-corrected chi connectivity index (χ2v) is 5.95. The molecular formula is C12H14ClF3N4. The van der Waals surface area contributed by atoms with E-state index in [4.69, 9.17) is 17.3 Å². The van der Waals surface area contributed by atoms with Gasteiger partial charge >= 0.3 is 6.18 Å². The van der Waals surface area contributed by atoms with E-state index in [9.17, 15) is 13.2 Å². The smallest absolute Gasteiger partial charge is 0.354 e. The van der Waals surface area contributed by atoms with Crippen LogP contribution in [-0.2, 0) is 6.18 Å². The second-order valence-electron chi connectivity index (χ2n) is 5.56. The van der Waals surface area contributed by atoms with E-state index in [2.05, 4.69) is 10.2 Å². The van der Waals surface area contributed by atoms with Crippen molar-refractivity contribution in [3.05, 3.63) is 16.8 Å². The molecule has 0 spiro atoms. The summed E-state index contributed by atoms with van der Waals surface area (Å²) in [7, 11) is 0. The summed E-state index contributed by atoms with van der Waals surface area (Å²) in [6.07, 6.45) is -2.75. The lowest BCUT2D eigenvalue weighted by atomic mass is 10.0. The maximum absolute atomic E-state index is 13.1. The van der Waals surface area contributed by atoms with Crippen molar-refractivity contribution in [3.8, 4) is 0 Å². The summed E-state index contributed by atoms with van der Waals surface area (Å²) in [6.45, 7) is 1.11. The fourth-order valence-corrected chi connectivity index (χ4v) is 3.47. The molecule has 8 heteroatoms. The van der Waals surface area contributed by atoms with E-state index < -0.39 is 11.7 Å². The maximum atomic E-state index is 13.1. The minimum Gasteiger partial charge on any atom is -0.354 e. The van der Waals surface area contributed by atoms with Crippen molar-refractivity contribution < 1.29 is 13.2 Å². The minimum absolute atomic E-state index is 0.120. The molecule has 4 nitrogen and oxygen atoms in total. The van der Waals surface area contributed by atoms with Gasteiger partial charge in [0.15, 0.2) is 11.0 Å². The Hall–Kier alpha value is -1.08. The quantitative estimate of drug-likeness (QED) is 0.865. The van der Waals surface area contributed by atoms with Gasteiger partial charge in [-0.1, -0.05) is 11.6 Å². The predicted molar refractivity (Wildman–Crippen MR) is 68.4 cm³/mol. The van der Waals surface area contributed by atoms with Gasteiger partial charge in [-0.05, 0) is 30.7 Å². The van der Waals surface area contributed by atoms with Gasteiger partial charge in [0, 0.05) is 19.1 Å². The van der Waals surface area contributed by atoms with E-state index >= 15 is 0 Å². The van der Waals surface area contributed by atoms with Crippen LogP contribution >= 0.6 is 11.6 Å². The largest absolute Gasteiger partial charge is 0.420 e. The maximum Gasteiger partial charge on any atom is 0.420 e. The summed E-state index contributed by atoms with van der Waals surface area (Å²) in [6, 6.07) is 1.01. The van der Waals surface area contributed by atoms with Gasteiger partial charge in [-0.3, -0.25) is 0 Å². The third kappa shape index (κ3) is 2.44. The fraction of sp³-hybridized carbons (Fsp3) is 0.667. The fourth-order valence-electron chi connectivity index (χ4n) is 3.32. The number of fused-ring (bicyclic) bond motifs is 1. The molecule has 2 fully saturated rings. The molecule has 1 aliphatic carbocycles. The number of hydrogen-bond acceptors (Lipinski definition) is 4. The summed E-state index contributed by atoms with van der Waals surface area (Å²) in [5.74, 6) is 0.581. The van der Waals surface area contributed by atoms with Gasteiger partial charge in [0.05, 0.1) is 0 Å². The second kappa shape index (κ2) is 4.73. The Morgan fingerprint density at radius 2 is 1.80 bits per heavy atom. The SMILES string of the molecule is NC1C[C@@H]2CN(c3nnc(Cl)cc3C(F)(F)F)C[C@H]2C1. The lowest BCUT2D eigenvalue weighted by molar-refractivity contribution is -0.137. The summed E-state index contributed by atoms with van der Waals surface area (Å²) >= 11 is 5.54. The van der Waals surface area contributed by atoms with Crippen molar-refractivity contribution >= 4 is 17.4 Å². The molecule has 0 unspecified atom stereocenters. The molecule has 110 valence electrons. The number of halogens is 4. The summed E-state index contributed by atoms with van der Waals surface area (Å²) in [5.41, 5.74) is 5.07. The van der Waals surface area contributed by atoms with Gasteiger partial charge < -0.3 is 10.6 Å². The van der Waals surface area contributed by atoms with Crippen molar-refractivity contribution in [2.45, 2.75) is 25.1 Å². The normalized spacial score (nSPS) is 27.1. The van der Waals surface area contributed by atoms with Gasteiger partial charge in [0.1, 0.15) is 5.56 Å². The van der Waals surface area contributed by atoms with Crippen LogP contribution in [-0.4, -0.2) is 29.3 Å². The van der Waals surface area contributed by atoms with Gasteiger partial charge in [-0.25, -0.2) is 0 Å². The molecule has 1 aliphatic heterocycles. The van der Waals surface area contributed by atoms with Crippen LogP contribution in [0, 0.1) is 11.8 Å². The van der Waals surface area contributed by atoms with Crippen molar-refractivity contribution in [3.63, 3.8) is 0 Å². The Bertz CT molecular complexity index is 508. The number of nitrogens with zero attached hydrogens (tertiary/aromatic N) is 3. The highest BCUT2D eigenvalue weighted by molar-refractivity contribution is 6.29. The molecule has 2 N–H and O–H groups in total. The Morgan fingerprint density at radius 1 is 1.20 bits per heavy atom. The van der Waals surface area contributed by atoms with Gasteiger partial charge in [-0.2, -0.15) is 13.2 Å². The lowest BCUT2D eigenvalue weighted by Crippen LogP contribution is -2.28. The topological polar surface area (TPSA) is 55.0 Å². The lowest BCUT2D eigenvalue weighted by Gasteiger charge is -2.22. The van der Waals surface area contributed by atoms with Crippen molar-refractivity contribution in [2.75, 3.05) is 18.0 Å². The Balaban J connectivity index is 1.89. The first kappa shape index (κ1) is 13.9. The van der Waals surface area contributed by atoms with Crippen LogP contribution in [0.4, 0.5) is 19.0 Å². The van der Waals surface area contributed by atoms with Crippen LogP contribution < -0.4 is 10.6 Å². The average Bonchev–Trinajstić information content (AvgIpc) is 2.84. The van der Waals surface area contributed by atoms with Crippen molar-refractivity contribution in [2.24, 2.45) is 17.6 Å². The van der Waals surface area contributed by atoms with E-state index in [-0.39, 0.29) is 17.0 Å². The Labute approximate surface area is 119 Å². The van der Waals surface area contributed by atoms with Crippen LogP contribution in [0.1, 0.15) is 18.4 Å². The molecule has 0 amide bonds. The molecule has 0 bridgehead atoms. The van der Waals surface area contributed by atoms with Crippen LogP contribution in [0.3, 0.4) is 0 Å². The molecular weight excluding hydrogens is 293 g/mol. The molecule has 2 atom stereocenters. The van der Waals surface area contributed by atoms with E-state index in [1.165, 1.54) is 0 Å². The molecule has 0 aromatic carbocycles. The molecule has 0 radical (unpaired) electrons. The van der Waals surface area contributed by atoms with Crippen LogP contribution in [0.5, 0.6) is 0 Å². The van der Waals surface area contributed by atoms with Gasteiger partial charge in [-0.15, -0.1) is 10.2 Å². The van der Waals surface area contributed by atoms with Gasteiger partial charge in [0.25, 0.3) is 0 Å². The van der Waals surface area contributed by atoms with Crippen molar-refractivity contribution in [1.82, 2.24) is 10.2 Å². The Morgan fingerprint density at radius 3 is 2.35 bits per heavy atom. The number of anilines is 1. The molecule has 3 rings (SSSR count). The highest BCUT2D eigenvalue weighted by Crippen LogP contribution is 2.42. The summed E-state index contributed by atoms with van der Waals surface area (Å²) < 4.78 is 39.2.